The molecule has 17 heavy (non-hydrogen) atoms. The number of halogens is 3. The molecule has 5 nitrogen and oxygen atoms in total. The summed E-state index contributed by atoms with van der Waals surface area (Å²) >= 11 is 0. The highest BCUT2D eigenvalue weighted by Crippen LogP contribution is 2.25. The first-order valence-corrected chi connectivity index (χ1v) is 4.50. The number of hydrogen-bond donors (Lipinski definition) is 0. The van der Waals surface area contributed by atoms with Gasteiger partial charge in [-0.25, -0.2) is 14.6 Å². The van der Waals surface area contributed by atoms with E-state index in [-0.39, 0.29) is 0 Å². The largest absolute Gasteiger partial charge is 0.480 e. The highest BCUT2D eigenvalue weighted by Gasteiger charge is 2.34. The van der Waals surface area contributed by atoms with Crippen LogP contribution in [0, 0.1) is 0 Å². The molecule has 0 saturated carbocycles. The van der Waals surface area contributed by atoms with E-state index in [9.17, 15) is 13.2 Å². The fourth-order valence-electron chi connectivity index (χ4n) is 1.15. The second-order valence-electron chi connectivity index (χ2n) is 3.07. The lowest BCUT2D eigenvalue weighted by atomic mass is 10.5. The Morgan fingerprint density at radius 2 is 1.88 bits per heavy atom. The van der Waals surface area contributed by atoms with Gasteiger partial charge < -0.3 is 4.74 Å². The van der Waals surface area contributed by atoms with Crippen LogP contribution in [0.25, 0.3) is 5.69 Å². The van der Waals surface area contributed by atoms with Gasteiger partial charge in [0.25, 0.3) is 0 Å². The van der Waals surface area contributed by atoms with Gasteiger partial charge in [-0.3, -0.25) is 0 Å². The quantitative estimate of drug-likeness (QED) is 0.806. The van der Waals surface area contributed by atoms with Gasteiger partial charge >= 0.3 is 6.18 Å². The van der Waals surface area contributed by atoms with Crippen molar-refractivity contribution in [3.05, 3.63) is 30.5 Å². The lowest BCUT2D eigenvalue weighted by Crippen LogP contribution is -2.11. The number of nitrogens with zero attached hydrogens (tertiary/aromatic N) is 4. The van der Waals surface area contributed by atoms with Gasteiger partial charge in [0.1, 0.15) is 5.69 Å². The molecular weight excluding hydrogens is 237 g/mol. The van der Waals surface area contributed by atoms with Crippen LogP contribution in [0.2, 0.25) is 0 Å². The summed E-state index contributed by atoms with van der Waals surface area (Å²) in [5.41, 5.74) is 0.321. The van der Waals surface area contributed by atoms with Crippen molar-refractivity contribution in [1.29, 1.82) is 0 Å². The zero-order valence-electron chi connectivity index (χ0n) is 8.64. The molecule has 0 amide bonds. The monoisotopic (exact) mass is 244 g/mol. The van der Waals surface area contributed by atoms with Gasteiger partial charge in [0, 0.05) is 12.3 Å². The third kappa shape index (κ3) is 2.35. The molecule has 2 aromatic heterocycles. The number of ether oxygens (including phenoxy) is 1. The van der Waals surface area contributed by atoms with Crippen LogP contribution in [0.5, 0.6) is 5.88 Å². The summed E-state index contributed by atoms with van der Waals surface area (Å²) in [7, 11) is 1.44. The molecule has 0 aliphatic heterocycles. The normalized spacial score (nSPS) is 11.5. The van der Waals surface area contributed by atoms with Gasteiger partial charge in [0.2, 0.25) is 11.7 Å². The van der Waals surface area contributed by atoms with E-state index < -0.39 is 12.0 Å². The molecule has 0 unspecified atom stereocenters. The van der Waals surface area contributed by atoms with Crippen LogP contribution >= 0.6 is 0 Å². The molecule has 0 saturated heterocycles. The minimum atomic E-state index is -4.54. The van der Waals surface area contributed by atoms with Crippen molar-refractivity contribution < 1.29 is 17.9 Å². The summed E-state index contributed by atoms with van der Waals surface area (Å²) in [5.74, 6) is -0.828. The Morgan fingerprint density at radius 3 is 2.35 bits per heavy atom. The van der Waals surface area contributed by atoms with E-state index in [2.05, 4.69) is 15.1 Å². The zero-order valence-corrected chi connectivity index (χ0v) is 8.64. The number of alkyl halides is 3. The molecular formula is C9H7F3N4O. The molecule has 0 aliphatic carbocycles. The first-order valence-electron chi connectivity index (χ1n) is 4.50. The van der Waals surface area contributed by atoms with E-state index in [1.54, 1.807) is 6.07 Å². The lowest BCUT2D eigenvalue weighted by molar-refractivity contribution is -0.145. The van der Waals surface area contributed by atoms with Crippen LogP contribution in [-0.4, -0.2) is 26.9 Å². The molecule has 0 aliphatic rings. The SMILES string of the molecule is COc1ccn(-c2cnc(C(F)(F)F)nc2)n1. The van der Waals surface area contributed by atoms with Crippen LogP contribution in [0.1, 0.15) is 5.82 Å². The molecule has 0 spiro atoms. The molecule has 2 rings (SSSR count). The lowest BCUT2D eigenvalue weighted by Gasteiger charge is -2.05. The second kappa shape index (κ2) is 4.04. The topological polar surface area (TPSA) is 52.8 Å². The van der Waals surface area contributed by atoms with Crippen molar-refractivity contribution in [3.63, 3.8) is 0 Å². The predicted octanol–water partition coefficient (Wildman–Crippen LogP) is 1.69. The minimum absolute atomic E-state index is 0.321. The van der Waals surface area contributed by atoms with Crippen molar-refractivity contribution in [3.8, 4) is 11.6 Å². The first-order chi connectivity index (χ1) is 8.00. The molecule has 0 bridgehead atoms. The van der Waals surface area contributed by atoms with E-state index >= 15 is 0 Å². The highest BCUT2D eigenvalue weighted by molar-refractivity contribution is 5.26. The molecule has 2 heterocycles. The molecule has 0 fully saturated rings. The van der Waals surface area contributed by atoms with E-state index in [0.29, 0.717) is 11.6 Å². The summed E-state index contributed by atoms with van der Waals surface area (Å²) in [4.78, 5) is 6.45. The van der Waals surface area contributed by atoms with E-state index in [0.717, 1.165) is 12.4 Å². The van der Waals surface area contributed by atoms with Crippen LogP contribution in [0.4, 0.5) is 13.2 Å². The predicted molar refractivity (Wildman–Crippen MR) is 50.7 cm³/mol. The maximum Gasteiger partial charge on any atom is 0.451 e. The Morgan fingerprint density at radius 1 is 1.24 bits per heavy atom. The number of methoxy groups -OCH3 is 1. The number of aromatic nitrogens is 4. The van der Waals surface area contributed by atoms with Crippen molar-refractivity contribution in [1.82, 2.24) is 19.7 Å². The number of rotatable bonds is 2. The Bertz CT molecular complexity index is 506. The van der Waals surface area contributed by atoms with E-state index in [1.807, 2.05) is 0 Å². The van der Waals surface area contributed by atoms with Gasteiger partial charge in [-0.1, -0.05) is 0 Å². The van der Waals surface area contributed by atoms with Crippen molar-refractivity contribution in [2.75, 3.05) is 7.11 Å². The van der Waals surface area contributed by atoms with Gasteiger partial charge in [-0.2, -0.15) is 13.2 Å². The van der Waals surface area contributed by atoms with Crippen LogP contribution in [0.15, 0.2) is 24.7 Å². The molecule has 8 heteroatoms. The standard InChI is InChI=1S/C9H7F3N4O/c1-17-7-2-3-16(15-7)6-4-13-8(14-5-6)9(10,11)12/h2-5H,1H3. The summed E-state index contributed by atoms with van der Waals surface area (Å²) in [5, 5.41) is 3.92. The minimum Gasteiger partial charge on any atom is -0.480 e. The molecule has 2 aromatic rings. The van der Waals surface area contributed by atoms with Crippen molar-refractivity contribution in [2.45, 2.75) is 6.18 Å². The fourth-order valence-corrected chi connectivity index (χ4v) is 1.15. The van der Waals surface area contributed by atoms with Crippen LogP contribution < -0.4 is 4.74 Å². The van der Waals surface area contributed by atoms with Crippen molar-refractivity contribution >= 4 is 0 Å². The molecule has 0 aromatic carbocycles. The van der Waals surface area contributed by atoms with Crippen molar-refractivity contribution in [2.24, 2.45) is 0 Å². The van der Waals surface area contributed by atoms with Gasteiger partial charge in [-0.15, -0.1) is 5.10 Å². The highest BCUT2D eigenvalue weighted by atomic mass is 19.4. The van der Waals surface area contributed by atoms with Gasteiger partial charge in [0.05, 0.1) is 19.5 Å². The van der Waals surface area contributed by atoms with E-state index in [1.165, 1.54) is 18.0 Å². The third-order valence-electron chi connectivity index (χ3n) is 1.93. The van der Waals surface area contributed by atoms with Crippen LogP contribution in [0.3, 0.4) is 0 Å². The average Bonchev–Trinajstić information content (AvgIpc) is 2.76. The Balaban J connectivity index is 2.29. The van der Waals surface area contributed by atoms with Crippen LogP contribution in [-0.2, 0) is 6.18 Å². The third-order valence-corrected chi connectivity index (χ3v) is 1.93. The summed E-state index contributed by atoms with van der Waals surface area (Å²) in [6.07, 6.45) is -0.921. The summed E-state index contributed by atoms with van der Waals surface area (Å²) in [6, 6.07) is 1.57. The average molecular weight is 244 g/mol. The maximum atomic E-state index is 12.2. The fraction of sp³-hybridized carbons (Fsp3) is 0.222. The van der Waals surface area contributed by atoms with Gasteiger partial charge in [-0.05, 0) is 0 Å². The zero-order chi connectivity index (χ0) is 12.5. The smallest absolute Gasteiger partial charge is 0.451 e. The maximum absolute atomic E-state index is 12.2. The summed E-state index contributed by atoms with van der Waals surface area (Å²) in [6.45, 7) is 0. The molecule has 0 atom stereocenters. The molecule has 0 N–H and O–H groups in total. The van der Waals surface area contributed by atoms with E-state index in [4.69, 9.17) is 4.74 Å². The molecule has 90 valence electrons. The number of hydrogen-bond acceptors (Lipinski definition) is 4. The van der Waals surface area contributed by atoms with Gasteiger partial charge in [0.15, 0.2) is 0 Å². The second-order valence-corrected chi connectivity index (χ2v) is 3.07. The first kappa shape index (κ1) is 11.4. The summed E-state index contributed by atoms with van der Waals surface area (Å²) < 4.78 is 42.8. The molecule has 0 radical (unpaired) electrons. The Kier molecular flexibility index (Phi) is 2.70. The Labute approximate surface area is 93.9 Å². The Hall–Kier alpha value is -2.12.